The van der Waals surface area contributed by atoms with Gasteiger partial charge >= 0.3 is 12.0 Å². The van der Waals surface area contributed by atoms with Crippen LogP contribution >= 0.6 is 0 Å². The quantitative estimate of drug-likeness (QED) is 0.669. The van der Waals surface area contributed by atoms with Crippen molar-refractivity contribution in [3.8, 4) is 0 Å². The van der Waals surface area contributed by atoms with Crippen LogP contribution in [0, 0.1) is 5.41 Å². The van der Waals surface area contributed by atoms with Gasteiger partial charge in [-0.05, 0) is 31.6 Å². The van der Waals surface area contributed by atoms with Crippen molar-refractivity contribution in [2.24, 2.45) is 5.41 Å². The highest BCUT2D eigenvalue weighted by atomic mass is 16.4. The van der Waals surface area contributed by atoms with E-state index in [9.17, 15) is 14.7 Å². The molecule has 0 aliphatic heterocycles. The van der Waals surface area contributed by atoms with Crippen LogP contribution in [0.3, 0.4) is 0 Å². The minimum Gasteiger partial charge on any atom is -0.481 e. The van der Waals surface area contributed by atoms with E-state index in [1.807, 2.05) is 0 Å². The van der Waals surface area contributed by atoms with Gasteiger partial charge in [0.05, 0.1) is 12.5 Å². The van der Waals surface area contributed by atoms with Crippen molar-refractivity contribution in [3.05, 3.63) is 0 Å². The van der Waals surface area contributed by atoms with Crippen LogP contribution in [0.1, 0.15) is 51.9 Å². The molecule has 0 aromatic heterocycles. The summed E-state index contributed by atoms with van der Waals surface area (Å²) in [6.45, 7) is 2.59. The van der Waals surface area contributed by atoms with Gasteiger partial charge in [-0.1, -0.05) is 19.3 Å². The zero-order valence-corrected chi connectivity index (χ0v) is 13.1. The summed E-state index contributed by atoms with van der Waals surface area (Å²) in [4.78, 5) is 24.6. The third-order valence-electron chi connectivity index (χ3n) is 4.28. The van der Waals surface area contributed by atoms with Gasteiger partial charge in [0, 0.05) is 20.1 Å². The maximum atomic E-state index is 12.0. The normalized spacial score (nSPS) is 18.8. The van der Waals surface area contributed by atoms with E-state index in [1.54, 1.807) is 14.0 Å². The minimum atomic E-state index is -0.798. The first-order chi connectivity index (χ1) is 9.84. The Kier molecular flexibility index (Phi) is 6.95. The van der Waals surface area contributed by atoms with Gasteiger partial charge in [-0.2, -0.15) is 0 Å². The fraction of sp³-hybridized carbons (Fsp3) is 0.867. The fourth-order valence-electron chi connectivity index (χ4n) is 2.92. The molecular weight excluding hydrogens is 272 g/mol. The molecule has 1 atom stereocenters. The van der Waals surface area contributed by atoms with Crippen molar-refractivity contribution in [1.82, 2.24) is 10.2 Å². The summed E-state index contributed by atoms with van der Waals surface area (Å²) < 4.78 is 0. The molecule has 0 spiro atoms. The molecule has 1 unspecified atom stereocenters. The molecule has 2 amide bonds. The molecule has 0 radical (unpaired) electrons. The van der Waals surface area contributed by atoms with Gasteiger partial charge < -0.3 is 20.4 Å². The molecule has 0 aromatic rings. The number of nitrogens with one attached hydrogen (secondary N) is 1. The summed E-state index contributed by atoms with van der Waals surface area (Å²) in [6.07, 6.45) is 5.13. The Hall–Kier alpha value is -1.30. The monoisotopic (exact) mass is 300 g/mol. The number of hydrogen-bond acceptors (Lipinski definition) is 3. The molecule has 6 nitrogen and oxygen atoms in total. The van der Waals surface area contributed by atoms with E-state index >= 15 is 0 Å². The van der Waals surface area contributed by atoms with Crippen molar-refractivity contribution in [1.29, 1.82) is 0 Å². The van der Waals surface area contributed by atoms with E-state index in [0.29, 0.717) is 19.5 Å². The molecule has 0 heterocycles. The molecule has 0 aromatic carbocycles. The van der Waals surface area contributed by atoms with Crippen molar-refractivity contribution >= 4 is 12.0 Å². The maximum absolute atomic E-state index is 12.0. The Morgan fingerprint density at radius 3 is 2.43 bits per heavy atom. The summed E-state index contributed by atoms with van der Waals surface area (Å²) in [5.74, 6) is -0.798. The predicted octanol–water partition coefficient (Wildman–Crippen LogP) is 1.82. The van der Waals surface area contributed by atoms with Crippen LogP contribution in [0.2, 0.25) is 0 Å². The van der Waals surface area contributed by atoms with E-state index in [2.05, 4.69) is 5.32 Å². The largest absolute Gasteiger partial charge is 0.481 e. The van der Waals surface area contributed by atoms with Crippen molar-refractivity contribution in [2.45, 2.75) is 58.0 Å². The number of amides is 2. The third kappa shape index (κ3) is 6.33. The van der Waals surface area contributed by atoms with Gasteiger partial charge in [0.25, 0.3) is 0 Å². The van der Waals surface area contributed by atoms with Crippen LogP contribution in [0.25, 0.3) is 0 Å². The molecule has 6 heteroatoms. The molecule has 1 saturated carbocycles. The minimum absolute atomic E-state index is 0.116. The molecular formula is C15H28N2O4. The molecule has 1 aliphatic carbocycles. The van der Waals surface area contributed by atoms with Crippen LogP contribution in [0.4, 0.5) is 4.79 Å². The number of nitrogens with zero attached hydrogens (tertiary/aromatic N) is 1. The van der Waals surface area contributed by atoms with Gasteiger partial charge in [-0.3, -0.25) is 4.79 Å². The lowest BCUT2D eigenvalue weighted by Gasteiger charge is -2.36. The number of carbonyl (C=O) groups is 2. The zero-order chi connectivity index (χ0) is 15.9. The number of carboxylic acids is 1. The summed E-state index contributed by atoms with van der Waals surface area (Å²) in [6, 6.07) is -0.203. The van der Waals surface area contributed by atoms with Gasteiger partial charge in [0.15, 0.2) is 0 Å². The maximum Gasteiger partial charge on any atom is 0.317 e. The highest BCUT2D eigenvalue weighted by Gasteiger charge is 2.34. The van der Waals surface area contributed by atoms with Gasteiger partial charge in [-0.25, -0.2) is 4.79 Å². The molecule has 122 valence electrons. The highest BCUT2D eigenvalue weighted by molar-refractivity contribution is 5.74. The average Bonchev–Trinajstić information content (AvgIpc) is 2.42. The van der Waals surface area contributed by atoms with E-state index in [0.717, 1.165) is 32.1 Å². The number of carboxylic acid groups (broad SMARTS) is 1. The van der Waals surface area contributed by atoms with Gasteiger partial charge in [0.1, 0.15) is 0 Å². The van der Waals surface area contributed by atoms with Crippen molar-refractivity contribution in [2.75, 3.05) is 20.1 Å². The molecule has 0 saturated heterocycles. The Morgan fingerprint density at radius 1 is 1.29 bits per heavy atom. The van der Waals surface area contributed by atoms with Crippen LogP contribution in [-0.4, -0.2) is 53.4 Å². The van der Waals surface area contributed by atoms with Crippen LogP contribution in [-0.2, 0) is 4.79 Å². The molecule has 1 rings (SSSR count). The first kappa shape index (κ1) is 17.8. The Morgan fingerprint density at radius 2 is 1.90 bits per heavy atom. The van der Waals surface area contributed by atoms with Crippen LogP contribution in [0.5, 0.6) is 0 Å². The smallest absolute Gasteiger partial charge is 0.317 e. The molecule has 1 aliphatic rings. The zero-order valence-electron chi connectivity index (χ0n) is 13.1. The topological polar surface area (TPSA) is 89.9 Å². The van der Waals surface area contributed by atoms with Crippen molar-refractivity contribution < 1.29 is 19.8 Å². The lowest BCUT2D eigenvalue weighted by Crippen LogP contribution is -2.45. The Bertz CT molecular complexity index is 352. The molecule has 21 heavy (non-hydrogen) atoms. The standard InChI is InChI=1S/C15H28N2O4/c1-12(18)6-9-17(2)14(21)16-11-15(10-13(19)20)7-4-3-5-8-15/h12,18H,3-11H2,1-2H3,(H,16,21)(H,19,20). The summed E-state index contributed by atoms with van der Waals surface area (Å²) >= 11 is 0. The van der Waals surface area contributed by atoms with Crippen LogP contribution in [0.15, 0.2) is 0 Å². The highest BCUT2D eigenvalue weighted by Crippen LogP contribution is 2.38. The number of aliphatic hydroxyl groups excluding tert-OH is 1. The first-order valence-corrected chi connectivity index (χ1v) is 7.73. The van der Waals surface area contributed by atoms with E-state index in [-0.39, 0.29) is 17.9 Å². The lowest BCUT2D eigenvalue weighted by atomic mass is 9.72. The van der Waals surface area contributed by atoms with Crippen LogP contribution < -0.4 is 5.32 Å². The molecule has 1 fully saturated rings. The second-order valence-electron chi connectivity index (χ2n) is 6.35. The van der Waals surface area contributed by atoms with Crippen molar-refractivity contribution in [3.63, 3.8) is 0 Å². The molecule has 3 N–H and O–H groups in total. The number of carbonyl (C=O) groups excluding carboxylic acids is 1. The van der Waals surface area contributed by atoms with E-state index in [4.69, 9.17) is 5.11 Å². The van der Waals surface area contributed by atoms with E-state index < -0.39 is 12.1 Å². The number of aliphatic hydroxyl groups is 1. The number of aliphatic carboxylic acids is 1. The van der Waals surface area contributed by atoms with Gasteiger partial charge in [0.2, 0.25) is 0 Å². The summed E-state index contributed by atoms with van der Waals surface area (Å²) in [5.41, 5.74) is -0.301. The second-order valence-corrected chi connectivity index (χ2v) is 6.35. The number of urea groups is 1. The molecule has 0 bridgehead atoms. The summed E-state index contributed by atoms with van der Waals surface area (Å²) in [7, 11) is 1.68. The third-order valence-corrected chi connectivity index (χ3v) is 4.28. The second kappa shape index (κ2) is 8.22. The first-order valence-electron chi connectivity index (χ1n) is 7.73. The van der Waals surface area contributed by atoms with Gasteiger partial charge in [-0.15, -0.1) is 0 Å². The summed E-state index contributed by atoms with van der Waals surface area (Å²) in [5, 5.41) is 21.2. The Balaban J connectivity index is 2.48. The fourth-order valence-corrected chi connectivity index (χ4v) is 2.92. The SMILES string of the molecule is CC(O)CCN(C)C(=O)NCC1(CC(=O)O)CCCCC1. The number of hydrogen-bond donors (Lipinski definition) is 3. The predicted molar refractivity (Wildman–Crippen MR) is 80.1 cm³/mol. The van der Waals surface area contributed by atoms with E-state index in [1.165, 1.54) is 4.90 Å². The number of rotatable bonds is 7. The lowest BCUT2D eigenvalue weighted by molar-refractivity contribution is -0.140. The average molecular weight is 300 g/mol. The Labute approximate surface area is 126 Å².